The Kier molecular flexibility index (Phi) is 4.95. The topological polar surface area (TPSA) is 74.8 Å². The number of hydrogen-bond donors (Lipinski definition) is 2. The molecule has 0 amide bonds. The Balaban J connectivity index is 2.53. The van der Waals surface area contributed by atoms with Gasteiger partial charge in [-0.05, 0) is 6.42 Å². The van der Waals surface area contributed by atoms with E-state index >= 15 is 0 Å². The van der Waals surface area contributed by atoms with Crippen molar-refractivity contribution < 1.29 is 4.21 Å². The van der Waals surface area contributed by atoms with Crippen LogP contribution in [0.25, 0.3) is 0 Å². The second kappa shape index (κ2) is 6.00. The highest BCUT2D eigenvalue weighted by molar-refractivity contribution is 7.84. The van der Waals surface area contributed by atoms with E-state index in [1.165, 1.54) is 6.33 Å². The molecule has 7 heteroatoms. The molecule has 1 rings (SSSR count). The Bertz CT molecular complexity index is 435. The molecule has 0 saturated heterocycles. The van der Waals surface area contributed by atoms with E-state index in [0.29, 0.717) is 12.4 Å². The summed E-state index contributed by atoms with van der Waals surface area (Å²) < 4.78 is 11.1. The lowest BCUT2D eigenvalue weighted by Gasteiger charge is -2.09. The fourth-order valence-electron chi connectivity index (χ4n) is 1.07. The summed E-state index contributed by atoms with van der Waals surface area (Å²) >= 11 is 5.74. The molecular formula is C9H14ClN3O2S. The highest BCUT2D eigenvalue weighted by Crippen LogP contribution is 2.12. The van der Waals surface area contributed by atoms with Gasteiger partial charge < -0.3 is 10.3 Å². The highest BCUT2D eigenvalue weighted by Gasteiger charge is 2.08. The number of nitrogens with one attached hydrogen (secondary N) is 2. The normalized spacial score (nSPS) is 14.4. The quantitative estimate of drug-likeness (QED) is 0.831. The summed E-state index contributed by atoms with van der Waals surface area (Å²) in [5, 5.41) is 3.10. The van der Waals surface area contributed by atoms with E-state index in [-0.39, 0.29) is 15.8 Å². The molecule has 90 valence electrons. The molecule has 2 N–H and O–H groups in total. The fraction of sp³-hybridized carbons (Fsp3) is 0.556. The molecule has 0 bridgehead atoms. The number of rotatable bonds is 5. The van der Waals surface area contributed by atoms with Crippen LogP contribution in [-0.4, -0.2) is 32.2 Å². The van der Waals surface area contributed by atoms with Crippen molar-refractivity contribution in [1.82, 2.24) is 9.97 Å². The summed E-state index contributed by atoms with van der Waals surface area (Å²) in [5.74, 6) is 0.361. The van der Waals surface area contributed by atoms with E-state index in [9.17, 15) is 9.00 Å². The van der Waals surface area contributed by atoms with Gasteiger partial charge in [-0.3, -0.25) is 9.00 Å². The molecule has 0 fully saturated rings. The average molecular weight is 264 g/mol. The van der Waals surface area contributed by atoms with E-state index in [2.05, 4.69) is 15.3 Å². The maximum atomic E-state index is 11.1. The van der Waals surface area contributed by atoms with Crippen molar-refractivity contribution in [3.05, 3.63) is 21.7 Å². The largest absolute Gasteiger partial charge is 0.369 e. The van der Waals surface area contributed by atoms with Gasteiger partial charge in [0, 0.05) is 28.9 Å². The molecule has 0 aliphatic rings. The molecule has 5 nitrogen and oxygen atoms in total. The zero-order valence-electron chi connectivity index (χ0n) is 9.12. The molecule has 0 spiro atoms. The first-order valence-corrected chi connectivity index (χ1v) is 6.81. The van der Waals surface area contributed by atoms with Crippen LogP contribution in [0.4, 0.5) is 5.82 Å². The van der Waals surface area contributed by atoms with Crippen LogP contribution < -0.4 is 10.9 Å². The minimum Gasteiger partial charge on any atom is -0.369 e. The Morgan fingerprint density at radius 3 is 3.00 bits per heavy atom. The predicted molar refractivity (Wildman–Crippen MR) is 66.5 cm³/mol. The van der Waals surface area contributed by atoms with Crippen LogP contribution in [0.5, 0.6) is 0 Å². The summed E-state index contributed by atoms with van der Waals surface area (Å²) in [6.45, 7) is 2.49. The molecule has 0 saturated carbocycles. The number of nitrogens with zero attached hydrogens (tertiary/aromatic N) is 1. The third kappa shape index (κ3) is 3.61. The molecule has 0 aliphatic carbocycles. The van der Waals surface area contributed by atoms with Gasteiger partial charge in [0.2, 0.25) is 0 Å². The van der Waals surface area contributed by atoms with Crippen LogP contribution >= 0.6 is 11.6 Å². The van der Waals surface area contributed by atoms with Crippen molar-refractivity contribution in [1.29, 1.82) is 0 Å². The first kappa shape index (κ1) is 13.2. The number of halogens is 1. The number of H-pyrrole nitrogens is 1. The molecule has 2 unspecified atom stereocenters. The van der Waals surface area contributed by atoms with Crippen molar-refractivity contribution in [2.24, 2.45) is 0 Å². The summed E-state index contributed by atoms with van der Waals surface area (Å²) in [5.41, 5.74) is -0.369. The number of hydrogen-bond acceptors (Lipinski definition) is 4. The van der Waals surface area contributed by atoms with Crippen molar-refractivity contribution >= 4 is 28.2 Å². The van der Waals surface area contributed by atoms with Crippen molar-refractivity contribution in [3.8, 4) is 0 Å². The van der Waals surface area contributed by atoms with Crippen molar-refractivity contribution in [2.45, 2.75) is 18.6 Å². The minimum absolute atomic E-state index is 0.0489. The van der Waals surface area contributed by atoms with E-state index < -0.39 is 10.8 Å². The van der Waals surface area contributed by atoms with E-state index in [1.54, 1.807) is 6.26 Å². The van der Waals surface area contributed by atoms with Gasteiger partial charge in [0.25, 0.3) is 5.56 Å². The van der Waals surface area contributed by atoms with E-state index in [0.717, 1.165) is 6.42 Å². The van der Waals surface area contributed by atoms with Crippen molar-refractivity contribution in [3.63, 3.8) is 0 Å². The van der Waals surface area contributed by atoms with Crippen LogP contribution in [0.15, 0.2) is 11.1 Å². The van der Waals surface area contributed by atoms with Crippen LogP contribution in [-0.2, 0) is 10.8 Å². The lowest BCUT2D eigenvalue weighted by Crippen LogP contribution is -2.17. The molecule has 2 atom stereocenters. The third-order valence-electron chi connectivity index (χ3n) is 2.21. The lowest BCUT2D eigenvalue weighted by molar-refractivity contribution is 0.672. The Hall–Kier alpha value is -0.880. The minimum atomic E-state index is -0.839. The molecule has 0 aromatic carbocycles. The van der Waals surface area contributed by atoms with E-state index in [1.807, 2.05) is 6.92 Å². The summed E-state index contributed by atoms with van der Waals surface area (Å²) in [6.07, 6.45) is 3.69. The van der Waals surface area contributed by atoms with Crippen LogP contribution in [0.1, 0.15) is 13.3 Å². The standard InChI is InChI=1S/C9H14ClN3O2S/c1-6(16(2)15)3-4-11-8-7(10)9(14)13-5-12-8/h5-6H,3-4H2,1-2H3,(H2,11,12,13,14). The molecular weight excluding hydrogens is 250 g/mol. The number of aromatic nitrogens is 2. The number of anilines is 1. The van der Waals surface area contributed by atoms with Gasteiger partial charge >= 0.3 is 0 Å². The summed E-state index contributed by atoms with van der Waals surface area (Å²) in [6, 6.07) is 0. The Morgan fingerprint density at radius 2 is 2.38 bits per heavy atom. The van der Waals surface area contributed by atoms with Gasteiger partial charge in [0.15, 0.2) is 5.82 Å². The van der Waals surface area contributed by atoms with Gasteiger partial charge in [-0.25, -0.2) is 4.98 Å². The zero-order chi connectivity index (χ0) is 12.1. The summed E-state index contributed by atoms with van der Waals surface area (Å²) in [7, 11) is -0.839. The van der Waals surface area contributed by atoms with Gasteiger partial charge in [-0.2, -0.15) is 0 Å². The monoisotopic (exact) mass is 263 g/mol. The van der Waals surface area contributed by atoms with Crippen LogP contribution in [0, 0.1) is 0 Å². The maximum Gasteiger partial charge on any atom is 0.271 e. The van der Waals surface area contributed by atoms with Gasteiger partial charge in [0.1, 0.15) is 5.02 Å². The molecule has 0 aliphatic heterocycles. The Labute approximate surface area is 101 Å². The lowest BCUT2D eigenvalue weighted by atomic mass is 10.3. The van der Waals surface area contributed by atoms with Crippen molar-refractivity contribution in [2.75, 3.05) is 18.1 Å². The second-order valence-electron chi connectivity index (χ2n) is 3.42. The SMILES string of the molecule is CC(CCNc1nc[nH]c(=O)c1Cl)S(C)=O. The molecule has 1 aromatic rings. The van der Waals surface area contributed by atoms with Gasteiger partial charge in [-0.1, -0.05) is 18.5 Å². The first-order valence-electron chi connectivity index (χ1n) is 4.81. The summed E-state index contributed by atoms with van der Waals surface area (Å²) in [4.78, 5) is 17.4. The smallest absolute Gasteiger partial charge is 0.271 e. The second-order valence-corrected chi connectivity index (χ2v) is 5.60. The predicted octanol–water partition coefficient (Wildman–Crippen LogP) is 0.992. The molecule has 1 aromatic heterocycles. The van der Waals surface area contributed by atoms with E-state index in [4.69, 9.17) is 11.6 Å². The maximum absolute atomic E-state index is 11.1. The van der Waals surface area contributed by atoms with Gasteiger partial charge in [-0.15, -0.1) is 0 Å². The fourth-order valence-corrected chi connectivity index (χ4v) is 1.69. The van der Waals surface area contributed by atoms with Gasteiger partial charge in [0.05, 0.1) is 6.33 Å². The molecule has 16 heavy (non-hydrogen) atoms. The third-order valence-corrected chi connectivity index (χ3v) is 3.93. The zero-order valence-corrected chi connectivity index (χ0v) is 10.7. The Morgan fingerprint density at radius 1 is 1.69 bits per heavy atom. The molecule has 0 radical (unpaired) electrons. The van der Waals surface area contributed by atoms with Crippen LogP contribution in [0.2, 0.25) is 5.02 Å². The number of aromatic amines is 1. The average Bonchev–Trinajstić information content (AvgIpc) is 2.24. The first-order chi connectivity index (χ1) is 7.52. The molecule has 1 heterocycles. The highest BCUT2D eigenvalue weighted by atomic mass is 35.5. The van der Waals surface area contributed by atoms with Crippen LogP contribution in [0.3, 0.4) is 0 Å².